The lowest BCUT2D eigenvalue weighted by molar-refractivity contribution is -0.121. The Bertz CT molecular complexity index is 1150. The van der Waals surface area contributed by atoms with Crippen molar-refractivity contribution < 1.29 is 23.1 Å². The van der Waals surface area contributed by atoms with Crippen molar-refractivity contribution >= 4 is 28.3 Å². The molecule has 0 radical (unpaired) electrons. The Morgan fingerprint density at radius 2 is 1.81 bits per heavy atom. The van der Waals surface area contributed by atoms with E-state index in [0.717, 1.165) is 22.9 Å². The van der Waals surface area contributed by atoms with Crippen molar-refractivity contribution in [2.24, 2.45) is 5.92 Å². The number of amides is 2. The molecule has 4 rings (SSSR count). The highest BCUT2D eigenvalue weighted by Gasteiger charge is 2.30. The molecule has 1 N–H and O–H groups in total. The van der Waals surface area contributed by atoms with Gasteiger partial charge in [-0.05, 0) is 42.5 Å². The van der Waals surface area contributed by atoms with Gasteiger partial charge < -0.3 is 15.0 Å². The minimum absolute atomic E-state index is 0.149. The molecular formula is C24H22F2N2O3. The number of carbonyl (C=O) groups excluding carboxylic acids is 2. The maximum Gasteiger partial charge on any atom is 0.254 e. The molecule has 1 fully saturated rings. The number of rotatable bonds is 4. The summed E-state index contributed by atoms with van der Waals surface area (Å²) in [6.07, 6.45) is 1.29. The lowest BCUT2D eigenvalue weighted by Crippen LogP contribution is -2.43. The second-order valence-corrected chi connectivity index (χ2v) is 7.57. The molecule has 1 aliphatic rings. The predicted molar refractivity (Wildman–Crippen MR) is 114 cm³/mol. The summed E-state index contributed by atoms with van der Waals surface area (Å²) in [5.74, 6) is -2.21. The topological polar surface area (TPSA) is 58.6 Å². The van der Waals surface area contributed by atoms with E-state index in [2.05, 4.69) is 5.32 Å². The molecule has 1 aliphatic heterocycles. The first-order chi connectivity index (χ1) is 15.0. The molecule has 3 aromatic rings. The summed E-state index contributed by atoms with van der Waals surface area (Å²) in [4.78, 5) is 27.6. The van der Waals surface area contributed by atoms with Crippen LogP contribution >= 0.6 is 0 Å². The normalized spacial score (nSPS) is 16.2. The fraction of sp³-hybridized carbons (Fsp3) is 0.250. The quantitative estimate of drug-likeness (QED) is 0.665. The maximum atomic E-state index is 13.4. The minimum Gasteiger partial charge on any atom is -0.496 e. The van der Waals surface area contributed by atoms with Gasteiger partial charge in [-0.3, -0.25) is 9.59 Å². The number of likely N-dealkylation sites (tertiary alicyclic amines) is 1. The smallest absolute Gasteiger partial charge is 0.254 e. The number of fused-ring (bicyclic) bond motifs is 1. The van der Waals surface area contributed by atoms with Crippen molar-refractivity contribution in [2.75, 3.05) is 25.5 Å². The summed E-state index contributed by atoms with van der Waals surface area (Å²) in [5, 5.41) is 4.26. The molecule has 2 amide bonds. The van der Waals surface area contributed by atoms with Crippen LogP contribution in [0.3, 0.4) is 0 Å². The van der Waals surface area contributed by atoms with Crippen molar-refractivity contribution in [2.45, 2.75) is 12.8 Å². The van der Waals surface area contributed by atoms with Crippen LogP contribution in [0.2, 0.25) is 0 Å². The van der Waals surface area contributed by atoms with Gasteiger partial charge in [-0.1, -0.05) is 24.3 Å². The molecule has 5 nitrogen and oxygen atoms in total. The van der Waals surface area contributed by atoms with E-state index < -0.39 is 17.6 Å². The number of methoxy groups -OCH3 is 1. The fourth-order valence-corrected chi connectivity index (χ4v) is 4.00. The van der Waals surface area contributed by atoms with E-state index >= 15 is 0 Å². The number of carbonyl (C=O) groups is 2. The fourth-order valence-electron chi connectivity index (χ4n) is 4.00. The van der Waals surface area contributed by atoms with E-state index in [9.17, 15) is 18.4 Å². The SMILES string of the molecule is COc1ccc(C(=O)N2CCCC(C(=O)Nc3ccc(F)c(F)c3)C2)c2ccccc12. The number of anilines is 1. The van der Waals surface area contributed by atoms with Crippen LogP contribution in [0.4, 0.5) is 14.5 Å². The first-order valence-corrected chi connectivity index (χ1v) is 10.1. The van der Waals surface area contributed by atoms with Gasteiger partial charge in [0.25, 0.3) is 5.91 Å². The third-order valence-corrected chi connectivity index (χ3v) is 5.60. The van der Waals surface area contributed by atoms with Crippen molar-refractivity contribution in [3.05, 3.63) is 71.8 Å². The number of halogens is 2. The third kappa shape index (κ3) is 4.21. The van der Waals surface area contributed by atoms with Gasteiger partial charge in [0, 0.05) is 35.8 Å². The van der Waals surface area contributed by atoms with Gasteiger partial charge in [0.05, 0.1) is 13.0 Å². The Hall–Kier alpha value is -3.48. The number of benzene rings is 3. The van der Waals surface area contributed by atoms with Crippen molar-refractivity contribution in [3.8, 4) is 5.75 Å². The number of hydrogen-bond donors (Lipinski definition) is 1. The number of nitrogens with one attached hydrogen (secondary N) is 1. The molecule has 0 spiro atoms. The highest BCUT2D eigenvalue weighted by atomic mass is 19.2. The molecule has 1 atom stereocenters. The van der Waals surface area contributed by atoms with E-state index in [4.69, 9.17) is 4.74 Å². The molecule has 0 aromatic heterocycles. The van der Waals surface area contributed by atoms with Crippen LogP contribution in [0.1, 0.15) is 23.2 Å². The molecule has 160 valence electrons. The average molecular weight is 424 g/mol. The number of nitrogens with zero attached hydrogens (tertiary/aromatic N) is 1. The van der Waals surface area contributed by atoms with Gasteiger partial charge in [0.1, 0.15) is 5.75 Å². The van der Waals surface area contributed by atoms with E-state index in [1.54, 1.807) is 24.1 Å². The van der Waals surface area contributed by atoms with Crippen LogP contribution in [-0.4, -0.2) is 36.9 Å². The first kappa shape index (κ1) is 20.8. The zero-order chi connectivity index (χ0) is 22.0. The molecule has 3 aromatic carbocycles. The summed E-state index contributed by atoms with van der Waals surface area (Å²) in [7, 11) is 1.59. The molecule has 7 heteroatoms. The molecular weight excluding hydrogens is 402 g/mol. The molecule has 0 aliphatic carbocycles. The van der Waals surface area contributed by atoms with E-state index in [1.165, 1.54) is 6.07 Å². The van der Waals surface area contributed by atoms with Gasteiger partial charge in [0.2, 0.25) is 5.91 Å². The Morgan fingerprint density at radius 3 is 2.55 bits per heavy atom. The maximum absolute atomic E-state index is 13.4. The van der Waals surface area contributed by atoms with E-state index in [1.807, 2.05) is 24.3 Å². The average Bonchev–Trinajstić information content (AvgIpc) is 2.80. The highest BCUT2D eigenvalue weighted by Crippen LogP contribution is 2.30. The molecule has 0 saturated carbocycles. The Morgan fingerprint density at radius 1 is 1.03 bits per heavy atom. The molecule has 31 heavy (non-hydrogen) atoms. The first-order valence-electron chi connectivity index (χ1n) is 10.1. The van der Waals surface area contributed by atoms with Crippen LogP contribution in [-0.2, 0) is 4.79 Å². The molecule has 1 unspecified atom stereocenters. The summed E-state index contributed by atoms with van der Waals surface area (Å²) >= 11 is 0. The van der Waals surface area contributed by atoms with Gasteiger partial charge in [0.15, 0.2) is 11.6 Å². The Balaban J connectivity index is 1.52. The number of hydrogen-bond acceptors (Lipinski definition) is 3. The lowest BCUT2D eigenvalue weighted by atomic mass is 9.95. The van der Waals surface area contributed by atoms with Gasteiger partial charge >= 0.3 is 0 Å². The highest BCUT2D eigenvalue weighted by molar-refractivity contribution is 6.08. The van der Waals surface area contributed by atoms with Crippen molar-refractivity contribution in [1.82, 2.24) is 4.90 Å². The summed E-state index contributed by atoms with van der Waals surface area (Å²) in [5.41, 5.74) is 0.742. The zero-order valence-corrected chi connectivity index (χ0v) is 17.0. The zero-order valence-electron chi connectivity index (χ0n) is 17.0. The van der Waals surface area contributed by atoms with E-state index in [0.29, 0.717) is 30.7 Å². The van der Waals surface area contributed by atoms with E-state index in [-0.39, 0.29) is 24.0 Å². The number of piperidine rings is 1. The summed E-state index contributed by atoms with van der Waals surface area (Å²) in [6, 6.07) is 14.3. The number of ether oxygens (including phenoxy) is 1. The van der Waals surface area contributed by atoms with Gasteiger partial charge in [-0.15, -0.1) is 0 Å². The minimum atomic E-state index is -1.02. The molecule has 1 saturated heterocycles. The van der Waals surface area contributed by atoms with Gasteiger partial charge in [-0.2, -0.15) is 0 Å². The van der Waals surface area contributed by atoms with Gasteiger partial charge in [-0.25, -0.2) is 8.78 Å². The molecule has 0 bridgehead atoms. The third-order valence-electron chi connectivity index (χ3n) is 5.60. The Labute approximate surface area is 178 Å². The standard InChI is InChI=1S/C24H22F2N2O3/c1-31-22-11-9-19(17-6-2-3-7-18(17)22)24(30)28-12-4-5-15(14-28)23(29)27-16-8-10-20(25)21(26)13-16/h2-3,6-11,13,15H,4-5,12,14H2,1H3,(H,27,29). The van der Waals surface area contributed by atoms with Crippen LogP contribution in [0.15, 0.2) is 54.6 Å². The predicted octanol–water partition coefficient (Wildman–Crippen LogP) is 4.62. The van der Waals surface area contributed by atoms with Crippen LogP contribution in [0, 0.1) is 17.6 Å². The Kier molecular flexibility index (Phi) is 5.84. The van der Waals surface area contributed by atoms with Crippen LogP contribution in [0.25, 0.3) is 10.8 Å². The monoisotopic (exact) mass is 424 g/mol. The second kappa shape index (κ2) is 8.71. The largest absolute Gasteiger partial charge is 0.496 e. The summed E-state index contributed by atoms with van der Waals surface area (Å²) < 4.78 is 31.9. The van der Waals surface area contributed by atoms with Crippen molar-refractivity contribution in [1.29, 1.82) is 0 Å². The molecule has 1 heterocycles. The summed E-state index contributed by atoms with van der Waals surface area (Å²) in [6.45, 7) is 0.808. The second-order valence-electron chi connectivity index (χ2n) is 7.57. The van der Waals surface area contributed by atoms with Crippen LogP contribution in [0.5, 0.6) is 5.75 Å². The van der Waals surface area contributed by atoms with Crippen LogP contribution < -0.4 is 10.1 Å². The lowest BCUT2D eigenvalue weighted by Gasteiger charge is -2.32. The van der Waals surface area contributed by atoms with Crippen molar-refractivity contribution in [3.63, 3.8) is 0 Å².